The van der Waals surface area contributed by atoms with Crippen LogP contribution in [0, 0.1) is 10.2 Å². The average Bonchev–Trinajstić information content (AvgIpc) is 1.83. The van der Waals surface area contributed by atoms with Crippen LogP contribution in [-0.4, -0.2) is 10.6 Å². The van der Waals surface area contributed by atoms with Gasteiger partial charge in [0.05, 0.1) is 14.9 Å². The molecular formula is CH8ClN5O4. The predicted octanol–water partition coefficient (Wildman–Crippen LogP) is -6.49. The Morgan fingerprint density at radius 2 is 1.73 bits per heavy atom. The first-order valence-corrected chi connectivity index (χ1v) is 3.20. The number of nitrogens with one attached hydrogen (secondary N) is 1. The number of hydrazine groups is 1. The Labute approximate surface area is 63.8 Å². The largest absolute Gasteiger partial charge is 0.367 e. The summed E-state index contributed by atoms with van der Waals surface area (Å²) in [6.07, 6.45) is 0. The number of guanidine groups is 1. The highest BCUT2D eigenvalue weighted by atomic mass is 35.7. The van der Waals surface area contributed by atoms with Gasteiger partial charge in [-0.1, -0.05) is 0 Å². The van der Waals surface area contributed by atoms with Gasteiger partial charge in [0.2, 0.25) is 5.96 Å². The molecule has 0 aromatic heterocycles. The monoisotopic (exact) mass is 189 g/mol. The van der Waals surface area contributed by atoms with Crippen LogP contribution in [0.15, 0.2) is 5.10 Å². The lowest BCUT2D eigenvalue weighted by Gasteiger charge is -2.03. The number of nitrogens with two attached hydrogens (primary N) is 3. The minimum Gasteiger partial charge on any atom is -0.367 e. The smallest absolute Gasteiger partial charge is 0.224 e. The summed E-state index contributed by atoms with van der Waals surface area (Å²) in [4.78, 5) is 0. The maximum atomic E-state index is 8.60. The van der Waals surface area contributed by atoms with Crippen LogP contribution in [0.3, 0.4) is 0 Å². The molecule has 68 valence electrons. The molecule has 0 aliphatic heterocycles. The molecule has 0 aromatic rings. The topological polar surface area (TPSA) is 192 Å². The van der Waals surface area contributed by atoms with Gasteiger partial charge < -0.3 is 11.6 Å². The van der Waals surface area contributed by atoms with E-state index in [9.17, 15) is 0 Å². The van der Waals surface area contributed by atoms with Crippen molar-refractivity contribution in [2.45, 2.75) is 0 Å². The van der Waals surface area contributed by atoms with Crippen molar-refractivity contribution < 1.29 is 28.9 Å². The molecule has 0 radical (unpaired) electrons. The van der Waals surface area contributed by atoms with Gasteiger partial charge in [-0.05, 0) is 0 Å². The van der Waals surface area contributed by atoms with E-state index in [0.29, 0.717) is 0 Å². The fraction of sp³-hybridized carbons (Fsp3) is 0. The van der Waals surface area contributed by atoms with E-state index in [1.165, 1.54) is 0 Å². The second-order valence-electron chi connectivity index (χ2n) is 1.05. The minimum absolute atomic E-state index is 0.0231. The summed E-state index contributed by atoms with van der Waals surface area (Å²) in [5.74, 6) is 9.32. The fourth-order valence-electron chi connectivity index (χ4n) is 0.0373. The van der Waals surface area contributed by atoms with Gasteiger partial charge in [0.15, 0.2) is 0 Å². The molecule has 0 bridgehead atoms. The van der Waals surface area contributed by atoms with Gasteiger partial charge >= 0.3 is 0 Å². The first kappa shape index (κ1) is 12.8. The van der Waals surface area contributed by atoms with Crippen LogP contribution in [-0.2, 0) is 0 Å². The van der Waals surface area contributed by atoms with Crippen LogP contribution in [0.5, 0.6) is 0 Å². The van der Waals surface area contributed by atoms with Crippen molar-refractivity contribution in [2.75, 3.05) is 0 Å². The van der Waals surface area contributed by atoms with Gasteiger partial charge in [0, 0.05) is 0 Å². The Morgan fingerprint density at radius 1 is 1.45 bits per heavy atom. The van der Waals surface area contributed by atoms with Crippen LogP contribution in [0.25, 0.3) is 0 Å². The van der Waals surface area contributed by atoms with Crippen LogP contribution >= 0.6 is 0 Å². The molecular weight excluding hydrogens is 181 g/mol. The number of hydrogen-bond donors (Lipinski definition) is 5. The normalized spacial score (nSPS) is 11.5. The molecule has 9 nitrogen and oxygen atoms in total. The zero-order valence-corrected chi connectivity index (χ0v) is 5.99. The van der Waals surface area contributed by atoms with Gasteiger partial charge in [-0.3, -0.25) is 5.43 Å². The number of hydrogen-bond acceptors (Lipinski definition) is 7. The molecule has 0 fully saturated rings. The van der Waals surface area contributed by atoms with Crippen molar-refractivity contribution in [2.24, 2.45) is 22.5 Å². The summed E-state index contributed by atoms with van der Waals surface area (Å²) >= 11 is 0. The number of hydrazone groups is 1. The maximum Gasteiger partial charge on any atom is 0.224 e. The summed E-state index contributed by atoms with van der Waals surface area (Å²) in [7, 11) is -4.69. The Hall–Kier alpha value is -0.840. The summed E-state index contributed by atoms with van der Waals surface area (Å²) in [6, 6.07) is 0. The van der Waals surface area contributed by atoms with Crippen molar-refractivity contribution in [3.05, 3.63) is 0 Å². The van der Waals surface area contributed by atoms with Crippen LogP contribution < -0.4 is 36.8 Å². The summed E-state index contributed by atoms with van der Waals surface area (Å²) in [6.45, 7) is 0. The second kappa shape index (κ2) is 5.91. The third kappa shape index (κ3) is 47.0. The van der Waals surface area contributed by atoms with Crippen LogP contribution in [0.2, 0.25) is 0 Å². The van der Waals surface area contributed by atoms with E-state index in [2.05, 4.69) is 10.9 Å². The van der Waals surface area contributed by atoms with Crippen molar-refractivity contribution in [1.82, 2.24) is 5.43 Å². The Bertz CT molecular complexity index is 114. The molecule has 11 heavy (non-hydrogen) atoms. The van der Waals surface area contributed by atoms with Gasteiger partial charge in [0.1, 0.15) is 0 Å². The number of halogens is 1. The third-order valence-corrected chi connectivity index (χ3v) is 0.287. The zero-order valence-electron chi connectivity index (χ0n) is 5.23. The van der Waals surface area contributed by atoms with Crippen molar-refractivity contribution in [1.29, 1.82) is 0 Å². The molecule has 0 aliphatic carbocycles. The van der Waals surface area contributed by atoms with Crippen LogP contribution in [0.1, 0.15) is 0 Å². The van der Waals surface area contributed by atoms with E-state index in [1.807, 2.05) is 5.43 Å². The van der Waals surface area contributed by atoms with Gasteiger partial charge in [-0.15, -0.1) is 5.10 Å². The molecule has 8 N–H and O–H groups in total. The molecule has 0 saturated heterocycles. The molecule has 0 amide bonds. The number of nitrogens with zero attached hydrogens (tertiary/aromatic N) is 1. The third-order valence-electron chi connectivity index (χ3n) is 0.287. The molecule has 0 rings (SSSR count). The van der Waals surface area contributed by atoms with Crippen LogP contribution in [0.4, 0.5) is 0 Å². The molecule has 0 heterocycles. The Morgan fingerprint density at radius 3 is 1.73 bits per heavy atom. The molecule has 0 aromatic carbocycles. The number of rotatable bonds is 0. The standard InChI is InChI=1S/CH7N5.ClHO4/c2-1(5-3)6-4;2-1(3,4)5/h3-4H2,(H3,2,5,6);(H,2,3,4,5). The minimum atomic E-state index is -4.69. The van der Waals surface area contributed by atoms with E-state index in [4.69, 9.17) is 30.2 Å². The predicted molar refractivity (Wildman–Crippen MR) is 25.4 cm³/mol. The molecule has 0 saturated carbocycles. The van der Waals surface area contributed by atoms with Crippen molar-refractivity contribution >= 4 is 5.96 Å². The van der Waals surface area contributed by atoms with E-state index in [1.54, 1.807) is 0 Å². The molecule has 0 atom stereocenters. The van der Waals surface area contributed by atoms with Gasteiger partial charge in [0.25, 0.3) is 0 Å². The summed E-state index contributed by atoms with van der Waals surface area (Å²) < 4.78 is 32.7. The molecule has 0 spiro atoms. The molecule has 0 unspecified atom stereocenters. The lowest BCUT2D eigenvalue weighted by molar-refractivity contribution is -1.92. The van der Waals surface area contributed by atoms with Gasteiger partial charge in [-0.2, -0.15) is 14.0 Å². The van der Waals surface area contributed by atoms with E-state index in [-0.39, 0.29) is 5.96 Å². The highest BCUT2D eigenvalue weighted by molar-refractivity contribution is 5.76. The SMILES string of the molecule is NN=C(N)NN.[O-][Cl+3]([O-])([O-])O. The summed E-state index contributed by atoms with van der Waals surface area (Å²) in [5, 5.41) is 2.97. The lowest BCUT2D eigenvalue weighted by atomic mass is 11.1. The Balaban J connectivity index is 0. The lowest BCUT2D eigenvalue weighted by Crippen LogP contribution is -2.58. The fourth-order valence-corrected chi connectivity index (χ4v) is 0.0373. The first-order chi connectivity index (χ1) is 4.81. The average molecular weight is 190 g/mol. The molecule has 0 aliphatic rings. The Kier molecular flexibility index (Phi) is 6.88. The van der Waals surface area contributed by atoms with E-state index >= 15 is 0 Å². The van der Waals surface area contributed by atoms with E-state index in [0.717, 1.165) is 0 Å². The molecule has 10 heteroatoms. The van der Waals surface area contributed by atoms with Gasteiger partial charge in [-0.25, -0.2) is 5.84 Å². The highest BCUT2D eigenvalue weighted by Crippen LogP contribution is 1.60. The van der Waals surface area contributed by atoms with Crippen molar-refractivity contribution in [3.63, 3.8) is 0 Å². The summed E-state index contributed by atoms with van der Waals surface area (Å²) in [5.41, 5.74) is 6.88. The maximum absolute atomic E-state index is 8.60. The van der Waals surface area contributed by atoms with Crippen molar-refractivity contribution in [3.8, 4) is 0 Å². The first-order valence-electron chi connectivity index (χ1n) is 1.94. The highest BCUT2D eigenvalue weighted by Gasteiger charge is 1.98. The second-order valence-corrected chi connectivity index (χ2v) is 1.85. The zero-order chi connectivity index (χ0) is 9.49. The van der Waals surface area contributed by atoms with E-state index < -0.39 is 10.2 Å². The quantitative estimate of drug-likeness (QED) is 0.107.